The van der Waals surface area contributed by atoms with E-state index < -0.39 is 0 Å². The van der Waals surface area contributed by atoms with Crippen molar-refractivity contribution in [2.24, 2.45) is 11.1 Å². The number of nitrogens with two attached hydrogens (primary N) is 1. The van der Waals surface area contributed by atoms with Gasteiger partial charge in [0.15, 0.2) is 0 Å². The summed E-state index contributed by atoms with van der Waals surface area (Å²) < 4.78 is 14.8. The lowest BCUT2D eigenvalue weighted by atomic mass is 9.61. The van der Waals surface area contributed by atoms with Crippen LogP contribution in [0, 0.1) is 11.2 Å². The van der Waals surface area contributed by atoms with Crippen LogP contribution >= 0.6 is 15.9 Å². The van der Waals surface area contributed by atoms with Gasteiger partial charge >= 0.3 is 0 Å². The molecule has 1 unspecified atom stereocenters. The molecule has 100 valence electrons. The van der Waals surface area contributed by atoms with Gasteiger partial charge in [0.2, 0.25) is 0 Å². The van der Waals surface area contributed by atoms with Crippen molar-refractivity contribution < 1.29 is 4.39 Å². The predicted molar refractivity (Wildman–Crippen MR) is 77.0 cm³/mol. The molecule has 2 N–H and O–H groups in total. The third-order valence-corrected chi connectivity index (χ3v) is 5.03. The van der Waals surface area contributed by atoms with Crippen LogP contribution in [0.15, 0.2) is 22.7 Å². The summed E-state index contributed by atoms with van der Waals surface area (Å²) in [6, 6.07) is 5.10. The van der Waals surface area contributed by atoms with Crippen LogP contribution in [0.5, 0.6) is 0 Å². The first-order valence-electron chi connectivity index (χ1n) is 6.57. The van der Waals surface area contributed by atoms with Crippen molar-refractivity contribution in [1.29, 1.82) is 0 Å². The average molecular weight is 314 g/mol. The lowest BCUT2D eigenvalue weighted by Gasteiger charge is -2.48. The molecule has 1 saturated carbocycles. The Morgan fingerprint density at radius 1 is 1.28 bits per heavy atom. The summed E-state index contributed by atoms with van der Waals surface area (Å²) in [7, 11) is 0. The van der Waals surface area contributed by atoms with E-state index in [2.05, 4.69) is 29.8 Å². The molecule has 0 heterocycles. The Hall–Kier alpha value is -0.410. The third-order valence-electron chi connectivity index (χ3n) is 4.54. The minimum atomic E-state index is -0.299. The van der Waals surface area contributed by atoms with E-state index in [1.54, 1.807) is 6.07 Å². The van der Waals surface area contributed by atoms with Crippen LogP contribution in [-0.4, -0.2) is 5.54 Å². The summed E-state index contributed by atoms with van der Waals surface area (Å²) in [5.41, 5.74) is 7.10. The molecule has 18 heavy (non-hydrogen) atoms. The molecular weight excluding hydrogens is 293 g/mol. The van der Waals surface area contributed by atoms with Crippen molar-refractivity contribution in [3.05, 3.63) is 34.1 Å². The Labute approximate surface area is 117 Å². The Morgan fingerprint density at radius 2 is 1.94 bits per heavy atom. The van der Waals surface area contributed by atoms with Crippen molar-refractivity contribution in [3.8, 4) is 0 Å². The molecule has 0 amide bonds. The number of benzene rings is 1. The first-order chi connectivity index (χ1) is 8.34. The second kappa shape index (κ2) is 4.93. The molecule has 1 nitrogen and oxygen atoms in total. The highest BCUT2D eigenvalue weighted by molar-refractivity contribution is 9.10. The number of rotatable bonds is 2. The monoisotopic (exact) mass is 313 g/mol. The molecule has 2 rings (SSSR count). The first kappa shape index (κ1) is 14.0. The van der Waals surface area contributed by atoms with Crippen LogP contribution in [0.2, 0.25) is 0 Å². The van der Waals surface area contributed by atoms with Gasteiger partial charge in [-0.2, -0.15) is 0 Å². The van der Waals surface area contributed by atoms with Gasteiger partial charge in [0.25, 0.3) is 0 Å². The van der Waals surface area contributed by atoms with Crippen LogP contribution in [0.3, 0.4) is 0 Å². The van der Waals surface area contributed by atoms with E-state index in [0.717, 1.165) is 29.3 Å². The van der Waals surface area contributed by atoms with Crippen molar-refractivity contribution in [2.75, 3.05) is 0 Å². The normalized spacial score (nSPS) is 27.2. The smallest absolute Gasteiger partial charge is 0.126 e. The molecule has 1 aliphatic rings. The van der Waals surface area contributed by atoms with Gasteiger partial charge in [-0.25, -0.2) is 4.39 Å². The SMILES string of the molecule is CC1(C)CCCCC1(N)Cc1cc(Br)ccc1F. The molecule has 1 aromatic rings. The van der Waals surface area contributed by atoms with E-state index in [4.69, 9.17) is 5.73 Å². The number of hydrogen-bond acceptors (Lipinski definition) is 1. The summed E-state index contributed by atoms with van der Waals surface area (Å²) in [4.78, 5) is 0. The predicted octanol–water partition coefficient (Wildman–Crippen LogP) is 4.43. The zero-order valence-electron chi connectivity index (χ0n) is 11.1. The molecule has 1 atom stereocenters. The molecule has 3 heteroatoms. The molecule has 1 aliphatic carbocycles. The van der Waals surface area contributed by atoms with Gasteiger partial charge < -0.3 is 5.73 Å². The van der Waals surface area contributed by atoms with Crippen LogP contribution in [-0.2, 0) is 6.42 Å². The minimum absolute atomic E-state index is 0.0695. The molecule has 1 aromatic carbocycles. The van der Waals surface area contributed by atoms with E-state index in [0.29, 0.717) is 6.42 Å². The highest BCUT2D eigenvalue weighted by atomic mass is 79.9. The van der Waals surface area contributed by atoms with Crippen LogP contribution in [0.1, 0.15) is 45.1 Å². The highest BCUT2D eigenvalue weighted by Crippen LogP contribution is 2.44. The summed E-state index contributed by atoms with van der Waals surface area (Å²) in [6.45, 7) is 4.42. The van der Waals surface area contributed by atoms with E-state index in [9.17, 15) is 4.39 Å². The molecule has 1 fully saturated rings. The van der Waals surface area contributed by atoms with Gasteiger partial charge in [0.05, 0.1) is 0 Å². The van der Waals surface area contributed by atoms with Crippen molar-refractivity contribution in [1.82, 2.24) is 0 Å². The van der Waals surface area contributed by atoms with E-state index >= 15 is 0 Å². The van der Waals surface area contributed by atoms with Gasteiger partial charge in [-0.1, -0.05) is 42.6 Å². The van der Waals surface area contributed by atoms with Gasteiger partial charge in [-0.3, -0.25) is 0 Å². The van der Waals surface area contributed by atoms with E-state index in [1.165, 1.54) is 12.5 Å². The zero-order chi connectivity index (χ0) is 13.4. The fourth-order valence-corrected chi connectivity index (χ4v) is 3.35. The summed E-state index contributed by atoms with van der Waals surface area (Å²) in [5, 5.41) is 0. The highest BCUT2D eigenvalue weighted by Gasteiger charge is 2.43. The second-order valence-electron chi connectivity index (χ2n) is 6.16. The Morgan fingerprint density at radius 3 is 2.61 bits per heavy atom. The molecular formula is C15H21BrFN. The largest absolute Gasteiger partial charge is 0.324 e. The Kier molecular flexibility index (Phi) is 3.84. The van der Waals surface area contributed by atoms with Crippen molar-refractivity contribution in [2.45, 2.75) is 51.5 Å². The molecule has 0 aromatic heterocycles. The quantitative estimate of drug-likeness (QED) is 0.859. The fourth-order valence-electron chi connectivity index (χ4n) is 2.94. The molecule has 0 aliphatic heterocycles. The van der Waals surface area contributed by atoms with Crippen LogP contribution < -0.4 is 5.73 Å². The summed E-state index contributed by atoms with van der Waals surface area (Å²) in [5.74, 6) is -0.149. The summed E-state index contributed by atoms with van der Waals surface area (Å²) >= 11 is 3.40. The third kappa shape index (κ3) is 2.62. The zero-order valence-corrected chi connectivity index (χ0v) is 12.7. The van der Waals surface area contributed by atoms with Gasteiger partial charge in [0.1, 0.15) is 5.82 Å². The minimum Gasteiger partial charge on any atom is -0.324 e. The number of hydrogen-bond donors (Lipinski definition) is 1. The van der Waals surface area contributed by atoms with Gasteiger partial charge in [-0.15, -0.1) is 0 Å². The standard InChI is InChI=1S/C15H21BrFN/c1-14(2)7-3-4-8-15(14,18)10-11-9-12(16)5-6-13(11)17/h5-6,9H,3-4,7-8,10,18H2,1-2H3. The van der Waals surface area contributed by atoms with Gasteiger partial charge in [-0.05, 0) is 48.4 Å². The van der Waals surface area contributed by atoms with Crippen molar-refractivity contribution in [3.63, 3.8) is 0 Å². The summed E-state index contributed by atoms with van der Waals surface area (Å²) in [6.07, 6.45) is 5.10. The van der Waals surface area contributed by atoms with Crippen LogP contribution in [0.25, 0.3) is 0 Å². The lowest BCUT2D eigenvalue weighted by Crippen LogP contribution is -2.56. The maximum absolute atomic E-state index is 13.9. The molecule has 0 radical (unpaired) electrons. The molecule has 0 bridgehead atoms. The van der Waals surface area contributed by atoms with Crippen LogP contribution in [0.4, 0.5) is 4.39 Å². The second-order valence-corrected chi connectivity index (χ2v) is 7.08. The average Bonchev–Trinajstić information content (AvgIpc) is 2.28. The van der Waals surface area contributed by atoms with E-state index in [-0.39, 0.29) is 16.8 Å². The maximum Gasteiger partial charge on any atom is 0.126 e. The van der Waals surface area contributed by atoms with E-state index in [1.807, 2.05) is 6.07 Å². The maximum atomic E-state index is 13.9. The first-order valence-corrected chi connectivity index (χ1v) is 7.36. The number of halogens is 2. The Bertz CT molecular complexity index is 444. The Balaban J connectivity index is 2.28. The lowest BCUT2D eigenvalue weighted by molar-refractivity contribution is 0.0982. The molecule has 0 saturated heterocycles. The topological polar surface area (TPSA) is 26.0 Å². The molecule has 0 spiro atoms. The fraction of sp³-hybridized carbons (Fsp3) is 0.600. The van der Waals surface area contributed by atoms with Crippen molar-refractivity contribution >= 4 is 15.9 Å². The van der Waals surface area contributed by atoms with Gasteiger partial charge in [0, 0.05) is 10.0 Å².